The van der Waals surface area contributed by atoms with E-state index in [0.717, 1.165) is 17.8 Å². The molecule has 0 spiro atoms. The van der Waals surface area contributed by atoms with Crippen molar-refractivity contribution in [3.05, 3.63) is 40.4 Å². The summed E-state index contributed by atoms with van der Waals surface area (Å²) in [5, 5.41) is 19.5. The number of nitrogens with zero attached hydrogens (tertiary/aromatic N) is 4. The minimum Gasteiger partial charge on any atom is -0.479 e. The lowest BCUT2D eigenvalue weighted by atomic mass is 10.2. The Morgan fingerprint density at radius 2 is 2.25 bits per heavy atom. The molecule has 0 aliphatic rings. The van der Waals surface area contributed by atoms with Gasteiger partial charge in [-0.1, -0.05) is 6.92 Å². The fourth-order valence-corrected chi connectivity index (χ4v) is 1.76. The number of ether oxygens (including phenoxy) is 1. The number of hydrogen-bond acceptors (Lipinski definition) is 5. The zero-order chi connectivity index (χ0) is 14.4. The average molecular weight is 287 g/mol. The second-order valence-corrected chi connectivity index (χ2v) is 4.26. The van der Waals surface area contributed by atoms with Crippen LogP contribution in [-0.2, 0) is 6.42 Å². The normalized spacial score (nSPS) is 10.6. The van der Waals surface area contributed by atoms with Crippen LogP contribution in [0.25, 0.3) is 0 Å². The first-order chi connectivity index (χ1) is 9.74. The standard InChI is InChI=1S/C13H13N5OS/c1-2-12-16-17-13(20)18(12)15-9-10-3-5-11(6-4-10)19-8-7-14/h3-6,9H,2,8H2,1H3,(H,17,20)/b15-9-. The Morgan fingerprint density at radius 1 is 1.50 bits per heavy atom. The van der Waals surface area contributed by atoms with Crippen molar-refractivity contribution in [2.24, 2.45) is 5.10 Å². The molecular weight excluding hydrogens is 274 g/mol. The molecule has 0 aliphatic carbocycles. The largest absolute Gasteiger partial charge is 0.479 e. The quantitative estimate of drug-likeness (QED) is 0.676. The monoisotopic (exact) mass is 287 g/mol. The van der Waals surface area contributed by atoms with E-state index < -0.39 is 0 Å². The maximum absolute atomic E-state index is 8.43. The van der Waals surface area contributed by atoms with Crippen LogP contribution in [0.4, 0.5) is 0 Å². The summed E-state index contributed by atoms with van der Waals surface area (Å²) in [4.78, 5) is 0. The summed E-state index contributed by atoms with van der Waals surface area (Å²) in [5.41, 5.74) is 0.902. The van der Waals surface area contributed by atoms with Crippen molar-refractivity contribution >= 4 is 18.4 Å². The Hall–Kier alpha value is -2.46. The van der Waals surface area contributed by atoms with Gasteiger partial charge in [0.25, 0.3) is 0 Å². The predicted octanol–water partition coefficient (Wildman–Crippen LogP) is 2.29. The van der Waals surface area contributed by atoms with Gasteiger partial charge in [-0.25, -0.2) is 0 Å². The Labute approximate surface area is 121 Å². The third kappa shape index (κ3) is 3.30. The van der Waals surface area contributed by atoms with Crippen LogP contribution in [0.15, 0.2) is 29.4 Å². The molecule has 0 saturated carbocycles. The minimum atomic E-state index is 0.0392. The summed E-state index contributed by atoms with van der Waals surface area (Å²) in [6, 6.07) is 9.20. The van der Waals surface area contributed by atoms with Crippen LogP contribution in [0.5, 0.6) is 5.75 Å². The van der Waals surface area contributed by atoms with E-state index in [9.17, 15) is 0 Å². The van der Waals surface area contributed by atoms with E-state index in [2.05, 4.69) is 15.3 Å². The summed E-state index contributed by atoms with van der Waals surface area (Å²) in [6.45, 7) is 2.02. The lowest BCUT2D eigenvalue weighted by molar-refractivity contribution is 0.368. The highest BCUT2D eigenvalue weighted by molar-refractivity contribution is 7.71. The van der Waals surface area contributed by atoms with Crippen molar-refractivity contribution in [1.82, 2.24) is 14.9 Å². The summed E-state index contributed by atoms with van der Waals surface area (Å²) in [5.74, 6) is 1.43. The number of hydrogen-bond donors (Lipinski definition) is 1. The molecule has 0 saturated heterocycles. The van der Waals surface area contributed by atoms with Gasteiger partial charge in [0.05, 0.1) is 6.21 Å². The maximum atomic E-state index is 8.43. The molecule has 0 unspecified atom stereocenters. The number of aromatic amines is 1. The van der Waals surface area contributed by atoms with Gasteiger partial charge in [-0.2, -0.15) is 20.1 Å². The number of nitrogens with one attached hydrogen (secondary N) is 1. The molecule has 2 aromatic rings. The molecule has 20 heavy (non-hydrogen) atoms. The molecule has 0 amide bonds. The molecule has 102 valence electrons. The lowest BCUT2D eigenvalue weighted by Crippen LogP contribution is -1.97. The zero-order valence-electron chi connectivity index (χ0n) is 10.9. The van der Waals surface area contributed by atoms with Gasteiger partial charge in [0.2, 0.25) is 4.77 Å². The summed E-state index contributed by atoms with van der Waals surface area (Å²) < 4.78 is 7.23. The Balaban J connectivity index is 2.13. The van der Waals surface area contributed by atoms with Gasteiger partial charge in [0.1, 0.15) is 11.8 Å². The zero-order valence-corrected chi connectivity index (χ0v) is 11.7. The van der Waals surface area contributed by atoms with Gasteiger partial charge < -0.3 is 4.74 Å². The highest BCUT2D eigenvalue weighted by Gasteiger charge is 2.01. The summed E-state index contributed by atoms with van der Waals surface area (Å²) in [6.07, 6.45) is 2.43. The Morgan fingerprint density at radius 3 is 2.90 bits per heavy atom. The number of benzene rings is 1. The van der Waals surface area contributed by atoms with Gasteiger partial charge in [-0.05, 0) is 42.0 Å². The van der Waals surface area contributed by atoms with Crippen molar-refractivity contribution < 1.29 is 4.74 Å². The number of rotatable bonds is 5. The number of aromatic nitrogens is 3. The van der Waals surface area contributed by atoms with E-state index in [1.807, 2.05) is 25.1 Å². The molecule has 1 heterocycles. The van der Waals surface area contributed by atoms with Crippen molar-refractivity contribution in [3.8, 4) is 11.8 Å². The first kappa shape index (κ1) is 14.0. The van der Waals surface area contributed by atoms with Crippen LogP contribution in [0.3, 0.4) is 0 Å². The van der Waals surface area contributed by atoms with E-state index >= 15 is 0 Å². The topological polar surface area (TPSA) is 79.0 Å². The van der Waals surface area contributed by atoms with Crippen LogP contribution in [-0.4, -0.2) is 27.7 Å². The molecule has 1 aromatic carbocycles. The second kappa shape index (κ2) is 6.63. The van der Waals surface area contributed by atoms with Crippen molar-refractivity contribution in [2.45, 2.75) is 13.3 Å². The average Bonchev–Trinajstić information content (AvgIpc) is 2.84. The van der Waals surface area contributed by atoms with Crippen LogP contribution in [0.2, 0.25) is 0 Å². The van der Waals surface area contributed by atoms with Crippen LogP contribution < -0.4 is 4.74 Å². The van der Waals surface area contributed by atoms with Gasteiger partial charge in [-0.15, -0.1) is 0 Å². The second-order valence-electron chi connectivity index (χ2n) is 3.87. The molecular formula is C13H13N5OS. The summed E-state index contributed by atoms with van der Waals surface area (Å²) in [7, 11) is 0. The van der Waals surface area contributed by atoms with Gasteiger partial charge in [-0.3, -0.25) is 5.10 Å². The highest BCUT2D eigenvalue weighted by atomic mass is 32.1. The van der Waals surface area contributed by atoms with Crippen molar-refractivity contribution in [3.63, 3.8) is 0 Å². The van der Waals surface area contributed by atoms with E-state index in [1.54, 1.807) is 23.0 Å². The number of H-pyrrole nitrogens is 1. The lowest BCUT2D eigenvalue weighted by Gasteiger charge is -2.01. The molecule has 7 heteroatoms. The molecule has 0 atom stereocenters. The first-order valence-electron chi connectivity index (χ1n) is 6.05. The van der Waals surface area contributed by atoms with Gasteiger partial charge in [0, 0.05) is 6.42 Å². The first-order valence-corrected chi connectivity index (χ1v) is 6.46. The molecule has 6 nitrogen and oxygen atoms in total. The molecule has 0 fully saturated rings. The molecule has 1 N–H and O–H groups in total. The third-order valence-corrected chi connectivity index (χ3v) is 2.80. The Kier molecular flexibility index (Phi) is 4.63. The number of nitriles is 1. The summed E-state index contributed by atoms with van der Waals surface area (Å²) >= 11 is 5.10. The predicted molar refractivity (Wildman–Crippen MR) is 77.3 cm³/mol. The smallest absolute Gasteiger partial charge is 0.216 e. The van der Waals surface area contributed by atoms with Gasteiger partial charge in [0.15, 0.2) is 12.4 Å². The van der Waals surface area contributed by atoms with Crippen LogP contribution >= 0.6 is 12.2 Å². The molecule has 0 aliphatic heterocycles. The SMILES string of the molecule is CCc1n[nH]c(=S)n1/N=C\c1ccc(OCC#N)cc1. The van der Waals surface area contributed by atoms with Crippen LogP contribution in [0.1, 0.15) is 18.3 Å². The van der Waals surface area contributed by atoms with E-state index in [4.69, 9.17) is 22.2 Å². The third-order valence-electron chi connectivity index (χ3n) is 2.54. The van der Waals surface area contributed by atoms with E-state index in [1.165, 1.54) is 0 Å². The molecule has 2 rings (SSSR count). The Bertz CT molecular complexity index is 693. The maximum Gasteiger partial charge on any atom is 0.216 e. The highest BCUT2D eigenvalue weighted by Crippen LogP contribution is 2.11. The van der Waals surface area contributed by atoms with E-state index in [-0.39, 0.29) is 6.61 Å². The van der Waals surface area contributed by atoms with Gasteiger partial charge >= 0.3 is 0 Å². The van der Waals surface area contributed by atoms with Crippen molar-refractivity contribution in [1.29, 1.82) is 5.26 Å². The van der Waals surface area contributed by atoms with E-state index in [0.29, 0.717) is 10.5 Å². The fourth-order valence-electron chi connectivity index (χ4n) is 1.56. The van der Waals surface area contributed by atoms with Crippen LogP contribution in [0, 0.1) is 16.1 Å². The number of aryl methyl sites for hydroxylation is 1. The molecule has 0 radical (unpaired) electrons. The van der Waals surface area contributed by atoms with Crippen molar-refractivity contribution in [2.75, 3.05) is 6.61 Å². The minimum absolute atomic E-state index is 0.0392. The molecule has 1 aromatic heterocycles. The molecule has 0 bridgehead atoms. The fraction of sp³-hybridized carbons (Fsp3) is 0.231.